The van der Waals surface area contributed by atoms with Crippen LogP contribution in [-0.2, 0) is 9.53 Å². The summed E-state index contributed by atoms with van der Waals surface area (Å²) in [5.41, 5.74) is 0. The van der Waals surface area contributed by atoms with Crippen molar-refractivity contribution in [2.24, 2.45) is 0 Å². The fourth-order valence-electron chi connectivity index (χ4n) is 0.390. The maximum absolute atomic E-state index is 10.6. The Balaban J connectivity index is 3.82. The number of aliphatic hydroxyl groups excluding tert-OH is 1. The van der Waals surface area contributed by atoms with Gasteiger partial charge in [0.2, 0.25) is 0 Å². The lowest BCUT2D eigenvalue weighted by Crippen LogP contribution is -2.04. The summed E-state index contributed by atoms with van der Waals surface area (Å²) in [5.74, 6) is -0.689. The molecule has 0 spiro atoms. The van der Waals surface area contributed by atoms with Crippen molar-refractivity contribution in [2.45, 2.75) is 13.3 Å². The third-order valence-electron chi connectivity index (χ3n) is 0.774. The summed E-state index contributed by atoms with van der Waals surface area (Å²) in [6.45, 7) is 1.21. The average molecular weight is 165 g/mol. The molecule has 0 fully saturated rings. The minimum atomic E-state index is -0.689. The molecule has 0 heterocycles. The smallest absolute Gasteiger partial charge is 0.351 e. The zero-order chi connectivity index (χ0) is 7.98. The van der Waals surface area contributed by atoms with Gasteiger partial charge in [-0.3, -0.25) is 0 Å². The molecule has 0 aliphatic heterocycles. The summed E-state index contributed by atoms with van der Waals surface area (Å²) < 4.78 is 4.17. The molecule has 4 heteroatoms. The van der Waals surface area contributed by atoms with Crippen molar-refractivity contribution < 1.29 is 14.6 Å². The van der Waals surface area contributed by atoms with Crippen LogP contribution in [-0.4, -0.2) is 17.9 Å². The Hall–Kier alpha value is -0.540. The molecule has 1 N–H and O–H groups in total. The number of hydrogen-bond acceptors (Lipinski definition) is 3. The molecule has 0 bridgehead atoms. The fourth-order valence-corrected chi connectivity index (χ4v) is 0.599. The molecule has 0 aromatic carbocycles. The van der Waals surface area contributed by atoms with Crippen LogP contribution in [0.5, 0.6) is 0 Å². The monoisotopic (exact) mass is 164 g/mol. The Bertz CT molecular complexity index is 142. The second-order valence-electron chi connectivity index (χ2n) is 1.52. The maximum Gasteiger partial charge on any atom is 0.351 e. The van der Waals surface area contributed by atoms with Gasteiger partial charge in [0.15, 0.2) is 6.79 Å². The van der Waals surface area contributed by atoms with E-state index in [4.69, 9.17) is 16.7 Å². The van der Waals surface area contributed by atoms with E-state index >= 15 is 0 Å². The van der Waals surface area contributed by atoms with E-state index in [-0.39, 0.29) is 5.03 Å². The van der Waals surface area contributed by atoms with Crippen molar-refractivity contribution in [3.63, 3.8) is 0 Å². The SMILES string of the molecule is CCC=C(Cl)C(=O)OCO. The van der Waals surface area contributed by atoms with Crippen LogP contribution >= 0.6 is 11.6 Å². The predicted octanol–water partition coefficient (Wildman–Crippen LogP) is 1.01. The second kappa shape index (κ2) is 5.26. The van der Waals surface area contributed by atoms with Gasteiger partial charge in [-0.2, -0.15) is 0 Å². The van der Waals surface area contributed by atoms with Crippen molar-refractivity contribution in [1.82, 2.24) is 0 Å². The van der Waals surface area contributed by atoms with Crippen molar-refractivity contribution in [3.8, 4) is 0 Å². The highest BCUT2D eigenvalue weighted by molar-refractivity contribution is 6.41. The van der Waals surface area contributed by atoms with Gasteiger partial charge in [0.1, 0.15) is 5.03 Å². The molecule has 0 saturated heterocycles. The largest absolute Gasteiger partial charge is 0.434 e. The Labute approximate surface area is 64.2 Å². The number of halogens is 1. The molecule has 58 valence electrons. The van der Waals surface area contributed by atoms with Gasteiger partial charge in [-0.25, -0.2) is 4.79 Å². The van der Waals surface area contributed by atoms with Crippen LogP contribution in [0, 0.1) is 0 Å². The zero-order valence-electron chi connectivity index (χ0n) is 5.63. The van der Waals surface area contributed by atoms with E-state index in [2.05, 4.69) is 4.74 Å². The lowest BCUT2D eigenvalue weighted by atomic mass is 10.4. The number of ether oxygens (including phenoxy) is 1. The molecular formula is C6H9ClO3. The first-order chi connectivity index (χ1) is 4.72. The van der Waals surface area contributed by atoms with Gasteiger partial charge < -0.3 is 9.84 Å². The maximum atomic E-state index is 10.6. The number of hydrogen-bond donors (Lipinski definition) is 1. The molecule has 0 unspecified atom stereocenters. The number of carbonyl (C=O) groups excluding carboxylic acids is 1. The Morgan fingerprint density at radius 1 is 1.80 bits per heavy atom. The summed E-state index contributed by atoms with van der Waals surface area (Å²) in [6.07, 6.45) is 2.18. The van der Waals surface area contributed by atoms with Crippen LogP contribution in [0.3, 0.4) is 0 Å². The number of esters is 1. The van der Waals surface area contributed by atoms with Crippen LogP contribution in [0.15, 0.2) is 11.1 Å². The van der Waals surface area contributed by atoms with E-state index in [1.54, 1.807) is 0 Å². The van der Waals surface area contributed by atoms with E-state index in [0.29, 0.717) is 6.42 Å². The van der Waals surface area contributed by atoms with E-state index < -0.39 is 12.8 Å². The van der Waals surface area contributed by atoms with E-state index in [1.165, 1.54) is 6.08 Å². The van der Waals surface area contributed by atoms with Gasteiger partial charge in [-0.05, 0) is 6.42 Å². The third-order valence-corrected chi connectivity index (χ3v) is 1.08. The van der Waals surface area contributed by atoms with Gasteiger partial charge in [-0.15, -0.1) is 0 Å². The molecule has 0 aromatic heterocycles. The van der Waals surface area contributed by atoms with E-state index in [9.17, 15) is 4.79 Å². The molecule has 0 amide bonds. The third kappa shape index (κ3) is 3.48. The van der Waals surface area contributed by atoms with Crippen LogP contribution in [0.2, 0.25) is 0 Å². The summed E-state index contributed by atoms with van der Waals surface area (Å²) >= 11 is 5.39. The molecule has 0 atom stereocenters. The first-order valence-corrected chi connectivity index (χ1v) is 3.23. The van der Waals surface area contributed by atoms with Crippen molar-refractivity contribution in [2.75, 3.05) is 6.79 Å². The van der Waals surface area contributed by atoms with Gasteiger partial charge in [0.25, 0.3) is 0 Å². The average Bonchev–Trinajstić information content (AvgIpc) is 1.89. The van der Waals surface area contributed by atoms with E-state index in [1.807, 2.05) is 6.92 Å². The topological polar surface area (TPSA) is 46.5 Å². The van der Waals surface area contributed by atoms with Gasteiger partial charge >= 0.3 is 5.97 Å². The Morgan fingerprint density at radius 2 is 2.40 bits per heavy atom. The number of rotatable bonds is 3. The summed E-state index contributed by atoms with van der Waals surface area (Å²) in [5, 5.41) is 8.14. The van der Waals surface area contributed by atoms with Crippen LogP contribution in [0.1, 0.15) is 13.3 Å². The quantitative estimate of drug-likeness (QED) is 0.385. The Morgan fingerprint density at radius 3 is 2.80 bits per heavy atom. The summed E-state index contributed by atoms with van der Waals surface area (Å²) in [7, 11) is 0. The number of aliphatic hydroxyl groups is 1. The number of allylic oxidation sites excluding steroid dienone is 1. The van der Waals surface area contributed by atoms with E-state index in [0.717, 1.165) is 0 Å². The fraction of sp³-hybridized carbons (Fsp3) is 0.500. The predicted molar refractivity (Wildman–Crippen MR) is 37.4 cm³/mol. The highest BCUT2D eigenvalue weighted by Gasteiger charge is 2.04. The summed E-state index contributed by atoms with van der Waals surface area (Å²) in [4.78, 5) is 10.6. The van der Waals surface area contributed by atoms with Crippen molar-refractivity contribution >= 4 is 17.6 Å². The molecule has 10 heavy (non-hydrogen) atoms. The molecule has 3 nitrogen and oxygen atoms in total. The second-order valence-corrected chi connectivity index (χ2v) is 1.93. The number of carbonyl (C=O) groups is 1. The van der Waals surface area contributed by atoms with Crippen LogP contribution in [0.4, 0.5) is 0 Å². The molecule has 0 aliphatic carbocycles. The van der Waals surface area contributed by atoms with Gasteiger partial charge in [0.05, 0.1) is 0 Å². The first kappa shape index (κ1) is 9.46. The van der Waals surface area contributed by atoms with Crippen LogP contribution < -0.4 is 0 Å². The normalized spacial score (nSPS) is 11.3. The lowest BCUT2D eigenvalue weighted by molar-refractivity contribution is -0.146. The highest BCUT2D eigenvalue weighted by Crippen LogP contribution is 2.04. The Kier molecular flexibility index (Phi) is 4.98. The molecule has 0 aliphatic rings. The van der Waals surface area contributed by atoms with Crippen LogP contribution in [0.25, 0.3) is 0 Å². The van der Waals surface area contributed by atoms with Gasteiger partial charge in [0, 0.05) is 0 Å². The minimum absolute atomic E-state index is 0.0107. The molecular weight excluding hydrogens is 156 g/mol. The standard InChI is InChI=1S/C6H9ClO3/c1-2-3-5(7)6(9)10-4-8/h3,8H,2,4H2,1H3. The molecule has 0 aromatic rings. The minimum Gasteiger partial charge on any atom is -0.434 e. The lowest BCUT2D eigenvalue weighted by Gasteiger charge is -1.96. The van der Waals surface area contributed by atoms with Crippen molar-refractivity contribution in [3.05, 3.63) is 11.1 Å². The summed E-state index contributed by atoms with van der Waals surface area (Å²) in [6, 6.07) is 0. The highest BCUT2D eigenvalue weighted by atomic mass is 35.5. The zero-order valence-corrected chi connectivity index (χ0v) is 6.39. The molecule has 0 radical (unpaired) electrons. The van der Waals surface area contributed by atoms with Gasteiger partial charge in [-0.1, -0.05) is 24.6 Å². The first-order valence-electron chi connectivity index (χ1n) is 2.86. The molecule has 0 rings (SSSR count). The molecule has 0 saturated carbocycles. The van der Waals surface area contributed by atoms with Crippen molar-refractivity contribution in [1.29, 1.82) is 0 Å².